The van der Waals surface area contributed by atoms with E-state index in [1.54, 1.807) is 0 Å². The molecule has 0 aliphatic carbocycles. The van der Waals surface area contributed by atoms with Crippen LogP contribution in [0.4, 0.5) is 15.8 Å². The molecule has 0 amide bonds. The number of nitro groups is 1. The number of halogens is 1. The zero-order chi connectivity index (χ0) is 15.2. The first-order chi connectivity index (χ1) is 10.1. The van der Waals surface area contributed by atoms with Gasteiger partial charge in [-0.15, -0.1) is 0 Å². The summed E-state index contributed by atoms with van der Waals surface area (Å²) < 4.78 is 19.0. The molecular formula is C15H15FN2O3. The maximum atomic E-state index is 13.7. The molecule has 21 heavy (non-hydrogen) atoms. The molecule has 0 unspecified atom stereocenters. The Morgan fingerprint density at radius 3 is 2.52 bits per heavy atom. The summed E-state index contributed by atoms with van der Waals surface area (Å²) >= 11 is 0. The monoisotopic (exact) mass is 290 g/mol. The van der Waals surface area contributed by atoms with Gasteiger partial charge in [0, 0.05) is 12.6 Å². The van der Waals surface area contributed by atoms with Crippen LogP contribution in [0, 0.1) is 15.9 Å². The third-order valence-electron chi connectivity index (χ3n) is 2.88. The molecule has 0 saturated heterocycles. The molecule has 0 fully saturated rings. The van der Waals surface area contributed by atoms with Crippen LogP contribution in [-0.4, -0.2) is 11.5 Å². The summed E-state index contributed by atoms with van der Waals surface area (Å²) in [6.45, 7) is 2.93. The van der Waals surface area contributed by atoms with Crippen LogP contribution < -0.4 is 10.1 Å². The molecule has 0 aliphatic heterocycles. The summed E-state index contributed by atoms with van der Waals surface area (Å²) in [5.41, 5.74) is 0.921. The predicted octanol–water partition coefficient (Wildman–Crippen LogP) is 3.74. The maximum Gasteiger partial charge on any atom is 0.272 e. The van der Waals surface area contributed by atoms with Crippen molar-refractivity contribution >= 4 is 11.4 Å². The van der Waals surface area contributed by atoms with Gasteiger partial charge in [-0.1, -0.05) is 12.1 Å². The molecule has 5 nitrogen and oxygen atoms in total. The number of nitro benzene ring substituents is 1. The molecular weight excluding hydrogens is 275 g/mol. The molecule has 0 spiro atoms. The van der Waals surface area contributed by atoms with Crippen molar-refractivity contribution in [2.45, 2.75) is 13.5 Å². The van der Waals surface area contributed by atoms with Crippen molar-refractivity contribution < 1.29 is 14.1 Å². The first-order valence-electron chi connectivity index (χ1n) is 6.49. The van der Waals surface area contributed by atoms with Gasteiger partial charge in [-0.05, 0) is 30.7 Å². The Labute approximate surface area is 121 Å². The van der Waals surface area contributed by atoms with Crippen LogP contribution >= 0.6 is 0 Å². The molecule has 110 valence electrons. The van der Waals surface area contributed by atoms with Gasteiger partial charge in [-0.25, -0.2) is 4.39 Å². The summed E-state index contributed by atoms with van der Waals surface area (Å²) in [5.74, 6) is 0.137. The zero-order valence-electron chi connectivity index (χ0n) is 11.5. The van der Waals surface area contributed by atoms with E-state index in [0.717, 1.165) is 17.4 Å². The van der Waals surface area contributed by atoms with Crippen molar-refractivity contribution in [2.75, 3.05) is 11.9 Å². The number of hydrogen-bond donors (Lipinski definition) is 1. The van der Waals surface area contributed by atoms with Crippen molar-refractivity contribution in [1.29, 1.82) is 0 Å². The Balaban J connectivity index is 2.01. The molecule has 0 heterocycles. The second-order valence-electron chi connectivity index (χ2n) is 4.35. The lowest BCUT2D eigenvalue weighted by molar-refractivity contribution is -0.385. The predicted molar refractivity (Wildman–Crippen MR) is 78.0 cm³/mol. The van der Waals surface area contributed by atoms with Crippen molar-refractivity contribution in [3.8, 4) is 5.75 Å². The topological polar surface area (TPSA) is 64.4 Å². The van der Waals surface area contributed by atoms with Gasteiger partial charge in [-0.2, -0.15) is 0 Å². The third-order valence-corrected chi connectivity index (χ3v) is 2.88. The average molecular weight is 290 g/mol. The standard InChI is InChI=1S/C15H15FN2O3/c1-2-21-13-6-3-11(4-7-13)10-17-15-8-5-12(18(19)20)9-14(15)16/h3-9,17H,2,10H2,1H3. The van der Waals surface area contributed by atoms with Gasteiger partial charge in [0.2, 0.25) is 0 Å². The van der Waals surface area contributed by atoms with Gasteiger partial charge in [-0.3, -0.25) is 10.1 Å². The van der Waals surface area contributed by atoms with Gasteiger partial charge in [0.1, 0.15) is 5.75 Å². The highest BCUT2D eigenvalue weighted by Gasteiger charge is 2.10. The molecule has 1 N–H and O–H groups in total. The van der Waals surface area contributed by atoms with Crippen LogP contribution in [0.3, 0.4) is 0 Å². The summed E-state index contributed by atoms with van der Waals surface area (Å²) in [4.78, 5) is 9.91. The molecule has 2 rings (SSSR count). The Bertz CT molecular complexity index is 629. The van der Waals surface area contributed by atoms with E-state index in [0.29, 0.717) is 13.2 Å². The van der Waals surface area contributed by atoms with E-state index < -0.39 is 10.7 Å². The Morgan fingerprint density at radius 1 is 1.24 bits per heavy atom. The molecule has 0 atom stereocenters. The molecule has 6 heteroatoms. The number of ether oxygens (including phenoxy) is 1. The normalized spacial score (nSPS) is 10.2. The number of nitrogens with one attached hydrogen (secondary N) is 1. The minimum Gasteiger partial charge on any atom is -0.494 e. The summed E-state index contributed by atoms with van der Waals surface area (Å²) in [7, 11) is 0. The fraction of sp³-hybridized carbons (Fsp3) is 0.200. The SMILES string of the molecule is CCOc1ccc(CNc2ccc([N+](=O)[O-])cc2F)cc1. The van der Waals surface area contributed by atoms with E-state index in [9.17, 15) is 14.5 Å². The lowest BCUT2D eigenvalue weighted by Crippen LogP contribution is -2.02. The van der Waals surface area contributed by atoms with Crippen molar-refractivity contribution in [2.24, 2.45) is 0 Å². The number of rotatable bonds is 6. The van der Waals surface area contributed by atoms with Gasteiger partial charge >= 0.3 is 0 Å². The van der Waals surface area contributed by atoms with Crippen LogP contribution in [0.25, 0.3) is 0 Å². The van der Waals surface area contributed by atoms with E-state index in [1.807, 2.05) is 31.2 Å². The van der Waals surface area contributed by atoms with Crippen LogP contribution in [0.5, 0.6) is 5.75 Å². The minimum absolute atomic E-state index is 0.231. The van der Waals surface area contributed by atoms with Crippen LogP contribution in [0.15, 0.2) is 42.5 Å². The lowest BCUT2D eigenvalue weighted by atomic mass is 10.2. The fourth-order valence-electron chi connectivity index (χ4n) is 1.83. The number of benzene rings is 2. The molecule has 0 aromatic heterocycles. The smallest absolute Gasteiger partial charge is 0.272 e. The van der Waals surface area contributed by atoms with Gasteiger partial charge < -0.3 is 10.1 Å². The maximum absolute atomic E-state index is 13.7. The molecule has 0 radical (unpaired) electrons. The third kappa shape index (κ3) is 3.92. The Kier molecular flexibility index (Phi) is 4.71. The van der Waals surface area contributed by atoms with Crippen molar-refractivity contribution in [3.63, 3.8) is 0 Å². The highest BCUT2D eigenvalue weighted by molar-refractivity contribution is 5.50. The van der Waals surface area contributed by atoms with Gasteiger partial charge in [0.15, 0.2) is 5.82 Å². The van der Waals surface area contributed by atoms with E-state index in [2.05, 4.69) is 5.32 Å². The molecule has 0 aliphatic rings. The van der Waals surface area contributed by atoms with Crippen molar-refractivity contribution in [3.05, 3.63) is 64.0 Å². The fourth-order valence-corrected chi connectivity index (χ4v) is 1.83. The van der Waals surface area contributed by atoms with Crippen LogP contribution in [0.1, 0.15) is 12.5 Å². The summed E-state index contributed by atoms with van der Waals surface area (Å²) in [5, 5.41) is 13.4. The Hall–Kier alpha value is -2.63. The van der Waals surface area contributed by atoms with Crippen molar-refractivity contribution in [1.82, 2.24) is 0 Å². The van der Waals surface area contributed by atoms with Crippen LogP contribution in [0.2, 0.25) is 0 Å². The van der Waals surface area contributed by atoms with Gasteiger partial charge in [0.05, 0.1) is 23.3 Å². The quantitative estimate of drug-likeness (QED) is 0.650. The number of hydrogen-bond acceptors (Lipinski definition) is 4. The molecule has 0 bridgehead atoms. The van der Waals surface area contributed by atoms with Crippen LogP contribution in [-0.2, 0) is 6.54 Å². The first kappa shape index (κ1) is 14.8. The number of anilines is 1. The highest BCUT2D eigenvalue weighted by atomic mass is 19.1. The first-order valence-corrected chi connectivity index (χ1v) is 6.49. The molecule has 2 aromatic rings. The molecule has 0 saturated carbocycles. The lowest BCUT2D eigenvalue weighted by Gasteiger charge is -2.08. The highest BCUT2D eigenvalue weighted by Crippen LogP contribution is 2.21. The average Bonchev–Trinajstić information content (AvgIpc) is 2.47. The van der Waals surface area contributed by atoms with E-state index in [-0.39, 0.29) is 11.4 Å². The molecule has 2 aromatic carbocycles. The zero-order valence-corrected chi connectivity index (χ0v) is 11.5. The van der Waals surface area contributed by atoms with Gasteiger partial charge in [0.25, 0.3) is 5.69 Å². The minimum atomic E-state index is -0.643. The summed E-state index contributed by atoms with van der Waals surface area (Å²) in [6, 6.07) is 11.0. The number of nitrogens with zero attached hydrogens (tertiary/aromatic N) is 1. The largest absolute Gasteiger partial charge is 0.494 e. The second-order valence-corrected chi connectivity index (χ2v) is 4.35. The summed E-state index contributed by atoms with van der Waals surface area (Å²) in [6.07, 6.45) is 0. The van der Waals surface area contributed by atoms with E-state index in [1.165, 1.54) is 12.1 Å². The van der Waals surface area contributed by atoms with E-state index in [4.69, 9.17) is 4.74 Å². The Morgan fingerprint density at radius 2 is 1.95 bits per heavy atom. The van der Waals surface area contributed by atoms with E-state index >= 15 is 0 Å². The second kappa shape index (κ2) is 6.69. The number of non-ortho nitro benzene ring substituents is 1.